The molecule has 1 spiro atoms. The molecule has 0 radical (unpaired) electrons. The summed E-state index contributed by atoms with van der Waals surface area (Å²) in [4.78, 5) is 35.6. The summed E-state index contributed by atoms with van der Waals surface area (Å²) in [6, 6.07) is 10.8. The SMILES string of the molecule is O=C1N=C(N2CCC3(CC2)OC(=O)c2ccccc23)S/C1=C(\CO)c1ccc(Cl)nc1. The van der Waals surface area contributed by atoms with Crippen LogP contribution in [0.15, 0.2) is 52.5 Å². The van der Waals surface area contributed by atoms with Gasteiger partial charge in [0.2, 0.25) is 0 Å². The maximum Gasteiger partial charge on any atom is 0.339 e. The van der Waals surface area contributed by atoms with Crippen molar-refractivity contribution in [2.45, 2.75) is 18.4 Å². The summed E-state index contributed by atoms with van der Waals surface area (Å²) in [6.07, 6.45) is 2.77. The van der Waals surface area contributed by atoms with Crippen molar-refractivity contribution in [2.75, 3.05) is 19.7 Å². The van der Waals surface area contributed by atoms with E-state index in [1.165, 1.54) is 18.0 Å². The third-order valence-corrected chi connectivity index (χ3v) is 7.24. The topological polar surface area (TPSA) is 92.1 Å². The van der Waals surface area contributed by atoms with E-state index in [2.05, 4.69) is 9.98 Å². The average molecular weight is 456 g/mol. The molecule has 5 rings (SSSR count). The molecule has 1 N–H and O–H groups in total. The molecular weight excluding hydrogens is 438 g/mol. The molecule has 31 heavy (non-hydrogen) atoms. The van der Waals surface area contributed by atoms with Gasteiger partial charge in [-0.3, -0.25) is 4.79 Å². The molecule has 1 aromatic carbocycles. The minimum atomic E-state index is -0.609. The summed E-state index contributed by atoms with van der Waals surface area (Å²) in [5.74, 6) is -0.655. The van der Waals surface area contributed by atoms with Gasteiger partial charge in [0.05, 0.1) is 17.1 Å². The predicted molar refractivity (Wildman–Crippen MR) is 118 cm³/mol. The lowest BCUT2D eigenvalue weighted by molar-refractivity contribution is -0.113. The Morgan fingerprint density at radius 3 is 2.68 bits per heavy atom. The van der Waals surface area contributed by atoms with Gasteiger partial charge in [0.15, 0.2) is 5.17 Å². The van der Waals surface area contributed by atoms with Crippen molar-refractivity contribution in [3.05, 3.63) is 69.3 Å². The monoisotopic (exact) mass is 455 g/mol. The Morgan fingerprint density at radius 1 is 1.19 bits per heavy atom. The third kappa shape index (κ3) is 3.44. The first-order valence-corrected chi connectivity index (χ1v) is 11.0. The molecule has 158 valence electrons. The number of hydrogen-bond acceptors (Lipinski definition) is 7. The molecule has 0 saturated carbocycles. The molecule has 0 unspecified atom stereocenters. The highest BCUT2D eigenvalue weighted by Gasteiger charge is 2.48. The molecule has 3 aliphatic rings. The number of nitrogens with zero attached hydrogens (tertiary/aromatic N) is 3. The van der Waals surface area contributed by atoms with Crippen LogP contribution < -0.4 is 0 Å². The fraction of sp³-hybridized carbons (Fsp3) is 0.273. The van der Waals surface area contributed by atoms with Crippen molar-refractivity contribution in [2.24, 2.45) is 4.99 Å². The molecule has 9 heteroatoms. The van der Waals surface area contributed by atoms with Crippen LogP contribution >= 0.6 is 23.4 Å². The lowest BCUT2D eigenvalue weighted by atomic mass is 9.84. The Kier molecular flexibility index (Phi) is 5.08. The van der Waals surface area contributed by atoms with Crippen LogP contribution in [-0.2, 0) is 15.1 Å². The zero-order valence-electron chi connectivity index (χ0n) is 16.4. The number of likely N-dealkylation sites (tertiary alicyclic amines) is 1. The van der Waals surface area contributed by atoms with Gasteiger partial charge in [0, 0.05) is 43.3 Å². The highest BCUT2D eigenvalue weighted by molar-refractivity contribution is 8.18. The van der Waals surface area contributed by atoms with Crippen molar-refractivity contribution >= 4 is 46.0 Å². The molecule has 0 bridgehead atoms. The second-order valence-corrected chi connectivity index (χ2v) is 8.92. The molecule has 2 aromatic rings. The molecule has 0 atom stereocenters. The number of rotatable bonds is 2. The molecule has 4 heterocycles. The Labute approximate surface area is 187 Å². The number of aromatic nitrogens is 1. The van der Waals surface area contributed by atoms with E-state index in [-0.39, 0.29) is 18.5 Å². The summed E-state index contributed by atoms with van der Waals surface area (Å²) < 4.78 is 5.80. The number of piperidine rings is 1. The Morgan fingerprint density at radius 2 is 1.97 bits per heavy atom. The number of carbonyl (C=O) groups is 2. The van der Waals surface area contributed by atoms with Crippen LogP contribution in [0.3, 0.4) is 0 Å². The van der Waals surface area contributed by atoms with E-state index in [9.17, 15) is 14.7 Å². The number of ether oxygens (including phenoxy) is 1. The van der Waals surface area contributed by atoms with Gasteiger partial charge in [-0.25, -0.2) is 9.78 Å². The first-order chi connectivity index (χ1) is 15.0. The zero-order valence-corrected chi connectivity index (χ0v) is 17.9. The minimum absolute atomic E-state index is 0.277. The number of thioether (sulfide) groups is 1. The van der Waals surface area contributed by atoms with E-state index >= 15 is 0 Å². The van der Waals surface area contributed by atoms with Crippen LogP contribution in [0.1, 0.15) is 34.3 Å². The summed E-state index contributed by atoms with van der Waals surface area (Å²) >= 11 is 7.09. The van der Waals surface area contributed by atoms with Gasteiger partial charge in [-0.05, 0) is 35.5 Å². The van der Waals surface area contributed by atoms with Gasteiger partial charge in [-0.1, -0.05) is 29.8 Å². The number of aliphatic hydroxyl groups excluding tert-OH is 1. The second-order valence-electron chi connectivity index (χ2n) is 7.55. The fourth-order valence-electron chi connectivity index (χ4n) is 4.25. The predicted octanol–water partition coefficient (Wildman–Crippen LogP) is 3.23. The quantitative estimate of drug-likeness (QED) is 0.422. The number of aliphatic imine (C=N–C) groups is 1. The smallest absolute Gasteiger partial charge is 0.339 e. The Hall–Kier alpha value is -2.68. The van der Waals surface area contributed by atoms with Crippen LogP contribution in [0.4, 0.5) is 0 Å². The van der Waals surface area contributed by atoms with Crippen LogP contribution in [0.5, 0.6) is 0 Å². The number of fused-ring (bicyclic) bond motifs is 2. The summed E-state index contributed by atoms with van der Waals surface area (Å²) in [7, 11) is 0. The van der Waals surface area contributed by atoms with Gasteiger partial charge in [0.25, 0.3) is 5.91 Å². The summed E-state index contributed by atoms with van der Waals surface area (Å²) in [6.45, 7) is 0.895. The largest absolute Gasteiger partial charge is 0.450 e. The number of amidine groups is 1. The van der Waals surface area contributed by atoms with Crippen molar-refractivity contribution in [1.82, 2.24) is 9.88 Å². The fourth-order valence-corrected chi connectivity index (χ4v) is 5.42. The van der Waals surface area contributed by atoms with Crippen molar-refractivity contribution in [1.29, 1.82) is 0 Å². The number of carbonyl (C=O) groups excluding carboxylic acids is 2. The van der Waals surface area contributed by atoms with Crippen molar-refractivity contribution in [3.8, 4) is 0 Å². The number of hydrogen-bond donors (Lipinski definition) is 1. The van der Waals surface area contributed by atoms with Crippen LogP contribution in [-0.4, -0.2) is 51.7 Å². The van der Waals surface area contributed by atoms with Crippen LogP contribution in [0.2, 0.25) is 5.15 Å². The van der Waals surface area contributed by atoms with Gasteiger partial charge < -0.3 is 14.7 Å². The molecule has 3 aliphatic heterocycles. The second kappa shape index (κ2) is 7.78. The molecule has 7 nitrogen and oxygen atoms in total. The molecule has 1 aromatic heterocycles. The number of esters is 1. The van der Waals surface area contributed by atoms with Gasteiger partial charge in [-0.2, -0.15) is 4.99 Å². The standard InChI is InChI=1S/C22H18ClN3O4S/c23-17-6-5-13(11-24-17)15(12-27)18-19(28)25-21(31-18)26-9-7-22(8-10-26)16-4-2-1-3-14(16)20(29)30-22/h1-6,11,27H,7-10,12H2/b18-15+. The third-order valence-electron chi connectivity index (χ3n) is 5.86. The van der Waals surface area contributed by atoms with Gasteiger partial charge in [-0.15, -0.1) is 0 Å². The van der Waals surface area contributed by atoms with E-state index in [0.29, 0.717) is 57.9 Å². The number of aliphatic hydroxyl groups is 1. The molecule has 0 aliphatic carbocycles. The number of pyridine rings is 1. The maximum absolute atomic E-state index is 12.6. The lowest BCUT2D eigenvalue weighted by Gasteiger charge is -2.39. The van der Waals surface area contributed by atoms with E-state index in [1.54, 1.807) is 18.2 Å². The van der Waals surface area contributed by atoms with E-state index in [4.69, 9.17) is 16.3 Å². The highest BCUT2D eigenvalue weighted by atomic mass is 35.5. The average Bonchev–Trinajstić information content (AvgIpc) is 3.29. The van der Waals surface area contributed by atoms with Crippen LogP contribution in [0.25, 0.3) is 5.57 Å². The van der Waals surface area contributed by atoms with Gasteiger partial charge >= 0.3 is 5.97 Å². The van der Waals surface area contributed by atoms with E-state index in [0.717, 1.165) is 5.56 Å². The van der Waals surface area contributed by atoms with Crippen LogP contribution in [0, 0.1) is 0 Å². The van der Waals surface area contributed by atoms with E-state index in [1.807, 2.05) is 23.1 Å². The number of amides is 1. The Balaban J connectivity index is 1.34. The normalized spacial score (nSPS) is 21.2. The minimum Gasteiger partial charge on any atom is -0.450 e. The summed E-state index contributed by atoms with van der Waals surface area (Å²) in [5, 5.41) is 10.8. The van der Waals surface area contributed by atoms with Crippen molar-refractivity contribution in [3.63, 3.8) is 0 Å². The highest BCUT2D eigenvalue weighted by Crippen LogP contribution is 2.45. The van der Waals surface area contributed by atoms with Gasteiger partial charge in [0.1, 0.15) is 10.8 Å². The first-order valence-electron chi connectivity index (χ1n) is 9.85. The summed E-state index contributed by atoms with van der Waals surface area (Å²) in [5.41, 5.74) is 2.07. The van der Waals surface area contributed by atoms with E-state index < -0.39 is 5.60 Å². The van der Waals surface area contributed by atoms with Crippen molar-refractivity contribution < 1.29 is 19.4 Å². The molecule has 1 amide bonds. The first kappa shape index (κ1) is 20.2. The zero-order chi connectivity index (χ0) is 21.6. The molecular formula is C22H18ClN3O4S. The lowest BCUT2D eigenvalue weighted by Crippen LogP contribution is -2.44. The number of benzene rings is 1. The molecule has 1 fully saturated rings. The number of halogens is 1. The Bertz CT molecular complexity index is 1140. The maximum atomic E-state index is 12.6. The molecule has 1 saturated heterocycles.